The smallest absolute Gasteiger partial charge is 0.223 e. The van der Waals surface area contributed by atoms with Crippen molar-refractivity contribution in [2.24, 2.45) is 11.8 Å². The first-order valence-electron chi connectivity index (χ1n) is 7.72. The molecule has 1 amide bonds. The van der Waals surface area contributed by atoms with Crippen LogP contribution in [0.3, 0.4) is 0 Å². The van der Waals surface area contributed by atoms with Crippen LogP contribution in [0.4, 0.5) is 0 Å². The molecule has 3 nitrogen and oxygen atoms in total. The van der Waals surface area contributed by atoms with Crippen molar-refractivity contribution in [2.75, 3.05) is 13.1 Å². The first-order chi connectivity index (χ1) is 9.66. The van der Waals surface area contributed by atoms with Gasteiger partial charge in [-0.3, -0.25) is 4.79 Å². The fourth-order valence-electron chi connectivity index (χ4n) is 2.77. The third-order valence-corrected chi connectivity index (χ3v) is 4.13. The summed E-state index contributed by atoms with van der Waals surface area (Å²) in [5, 5.41) is 6.57. The van der Waals surface area contributed by atoms with Gasteiger partial charge in [0.05, 0.1) is 0 Å². The van der Waals surface area contributed by atoms with Gasteiger partial charge in [-0.25, -0.2) is 0 Å². The molecule has 1 saturated heterocycles. The number of nitrogens with one attached hydrogen (secondary N) is 2. The molecule has 0 aliphatic carbocycles. The SMILES string of the molecule is CC(C)C(Cc1ccccc1)C(=O)NC1CCNCC1. The van der Waals surface area contributed by atoms with Gasteiger partial charge in [-0.2, -0.15) is 0 Å². The quantitative estimate of drug-likeness (QED) is 0.865. The van der Waals surface area contributed by atoms with E-state index in [0.717, 1.165) is 32.4 Å². The minimum atomic E-state index is 0.0623. The molecule has 1 aromatic rings. The molecule has 0 aromatic heterocycles. The number of carbonyl (C=O) groups excluding carboxylic acids is 1. The Bertz CT molecular complexity index is 410. The molecule has 1 atom stereocenters. The maximum Gasteiger partial charge on any atom is 0.223 e. The number of piperidine rings is 1. The molecule has 1 heterocycles. The highest BCUT2D eigenvalue weighted by molar-refractivity contribution is 5.79. The second kappa shape index (κ2) is 7.44. The molecule has 1 aliphatic rings. The van der Waals surface area contributed by atoms with Gasteiger partial charge in [-0.1, -0.05) is 44.2 Å². The van der Waals surface area contributed by atoms with Crippen molar-refractivity contribution in [3.8, 4) is 0 Å². The van der Waals surface area contributed by atoms with E-state index in [1.54, 1.807) is 0 Å². The van der Waals surface area contributed by atoms with Crippen LogP contribution in [0.5, 0.6) is 0 Å². The number of hydrogen-bond donors (Lipinski definition) is 2. The summed E-state index contributed by atoms with van der Waals surface area (Å²) >= 11 is 0. The minimum Gasteiger partial charge on any atom is -0.353 e. The van der Waals surface area contributed by atoms with Crippen molar-refractivity contribution in [2.45, 2.75) is 39.2 Å². The molecule has 1 aliphatic heterocycles. The molecule has 1 fully saturated rings. The first-order valence-corrected chi connectivity index (χ1v) is 7.72. The second-order valence-corrected chi connectivity index (χ2v) is 6.07. The highest BCUT2D eigenvalue weighted by atomic mass is 16.1. The summed E-state index contributed by atoms with van der Waals surface area (Å²) < 4.78 is 0. The first kappa shape index (κ1) is 15.0. The van der Waals surface area contributed by atoms with Gasteiger partial charge in [0.2, 0.25) is 5.91 Å². The van der Waals surface area contributed by atoms with E-state index in [1.165, 1.54) is 5.56 Å². The Morgan fingerprint density at radius 3 is 2.50 bits per heavy atom. The van der Waals surface area contributed by atoms with Crippen LogP contribution >= 0.6 is 0 Å². The topological polar surface area (TPSA) is 41.1 Å². The van der Waals surface area contributed by atoms with Crippen molar-refractivity contribution in [3.63, 3.8) is 0 Å². The Hall–Kier alpha value is -1.35. The van der Waals surface area contributed by atoms with Crippen LogP contribution in [-0.4, -0.2) is 25.0 Å². The largest absolute Gasteiger partial charge is 0.353 e. The van der Waals surface area contributed by atoms with E-state index in [9.17, 15) is 4.79 Å². The molecule has 3 heteroatoms. The molecule has 0 bridgehead atoms. The van der Waals surface area contributed by atoms with Gasteiger partial charge in [0.15, 0.2) is 0 Å². The van der Waals surface area contributed by atoms with Crippen LogP contribution in [0.1, 0.15) is 32.3 Å². The molecule has 0 spiro atoms. The lowest BCUT2D eigenvalue weighted by molar-refractivity contribution is -0.127. The van der Waals surface area contributed by atoms with E-state index in [-0.39, 0.29) is 11.8 Å². The lowest BCUT2D eigenvalue weighted by Crippen LogP contribution is -2.46. The lowest BCUT2D eigenvalue weighted by atomic mass is 9.88. The summed E-state index contributed by atoms with van der Waals surface area (Å²) in [7, 11) is 0. The third kappa shape index (κ3) is 4.34. The summed E-state index contributed by atoms with van der Waals surface area (Å²) in [6.45, 7) is 6.29. The maximum absolute atomic E-state index is 12.5. The molecule has 2 rings (SSSR count). The molecule has 110 valence electrons. The van der Waals surface area contributed by atoms with Crippen molar-refractivity contribution in [1.82, 2.24) is 10.6 Å². The fraction of sp³-hybridized carbons (Fsp3) is 0.588. The van der Waals surface area contributed by atoms with Gasteiger partial charge in [0.1, 0.15) is 0 Å². The van der Waals surface area contributed by atoms with Crippen LogP contribution in [0, 0.1) is 11.8 Å². The molecular formula is C17H26N2O. The molecule has 0 saturated carbocycles. The van der Waals surface area contributed by atoms with Crippen molar-refractivity contribution < 1.29 is 4.79 Å². The summed E-state index contributed by atoms with van der Waals surface area (Å²) in [6.07, 6.45) is 2.92. The highest BCUT2D eigenvalue weighted by Crippen LogP contribution is 2.18. The average Bonchev–Trinajstić information content (AvgIpc) is 2.46. The van der Waals surface area contributed by atoms with E-state index in [4.69, 9.17) is 0 Å². The highest BCUT2D eigenvalue weighted by Gasteiger charge is 2.25. The Morgan fingerprint density at radius 2 is 1.90 bits per heavy atom. The predicted octanol–water partition coefficient (Wildman–Crippen LogP) is 2.37. The zero-order valence-corrected chi connectivity index (χ0v) is 12.6. The van der Waals surface area contributed by atoms with Gasteiger partial charge in [0.25, 0.3) is 0 Å². The zero-order chi connectivity index (χ0) is 14.4. The van der Waals surface area contributed by atoms with Crippen LogP contribution in [0.25, 0.3) is 0 Å². The van der Waals surface area contributed by atoms with Gasteiger partial charge in [0, 0.05) is 12.0 Å². The Morgan fingerprint density at radius 1 is 1.25 bits per heavy atom. The normalized spacial score (nSPS) is 17.9. The predicted molar refractivity (Wildman–Crippen MR) is 82.5 cm³/mol. The monoisotopic (exact) mass is 274 g/mol. The minimum absolute atomic E-state index is 0.0623. The summed E-state index contributed by atoms with van der Waals surface area (Å²) in [4.78, 5) is 12.5. The molecular weight excluding hydrogens is 248 g/mol. The molecule has 1 aromatic carbocycles. The van der Waals surface area contributed by atoms with Crippen LogP contribution in [0.15, 0.2) is 30.3 Å². The van der Waals surface area contributed by atoms with Crippen molar-refractivity contribution >= 4 is 5.91 Å². The number of amides is 1. The second-order valence-electron chi connectivity index (χ2n) is 6.07. The average molecular weight is 274 g/mol. The molecule has 2 N–H and O–H groups in total. The number of rotatable bonds is 5. The number of hydrogen-bond acceptors (Lipinski definition) is 2. The van der Waals surface area contributed by atoms with E-state index in [2.05, 4.69) is 36.6 Å². The Kier molecular flexibility index (Phi) is 5.60. The molecule has 1 unspecified atom stereocenters. The van der Waals surface area contributed by atoms with Crippen LogP contribution in [0.2, 0.25) is 0 Å². The van der Waals surface area contributed by atoms with Crippen molar-refractivity contribution in [1.29, 1.82) is 0 Å². The Balaban J connectivity index is 1.95. The van der Waals surface area contributed by atoms with E-state index in [1.807, 2.05) is 18.2 Å². The lowest BCUT2D eigenvalue weighted by Gasteiger charge is -2.27. The van der Waals surface area contributed by atoms with Crippen LogP contribution < -0.4 is 10.6 Å². The van der Waals surface area contributed by atoms with E-state index < -0.39 is 0 Å². The summed E-state index contributed by atoms with van der Waals surface area (Å²) in [5.41, 5.74) is 1.24. The Labute approximate surface area is 122 Å². The van der Waals surface area contributed by atoms with Gasteiger partial charge < -0.3 is 10.6 Å². The molecule has 0 radical (unpaired) electrons. The third-order valence-electron chi connectivity index (χ3n) is 4.13. The fourth-order valence-corrected chi connectivity index (χ4v) is 2.77. The van der Waals surface area contributed by atoms with E-state index in [0.29, 0.717) is 12.0 Å². The standard InChI is InChI=1S/C17H26N2O/c1-13(2)16(12-14-6-4-3-5-7-14)17(20)19-15-8-10-18-11-9-15/h3-7,13,15-16,18H,8-12H2,1-2H3,(H,19,20). The summed E-state index contributed by atoms with van der Waals surface area (Å²) in [6, 6.07) is 10.7. The number of benzene rings is 1. The zero-order valence-electron chi connectivity index (χ0n) is 12.6. The van der Waals surface area contributed by atoms with Crippen LogP contribution in [-0.2, 0) is 11.2 Å². The molecule has 20 heavy (non-hydrogen) atoms. The maximum atomic E-state index is 12.5. The van der Waals surface area contributed by atoms with E-state index >= 15 is 0 Å². The van der Waals surface area contributed by atoms with Crippen molar-refractivity contribution in [3.05, 3.63) is 35.9 Å². The number of carbonyl (C=O) groups is 1. The van der Waals surface area contributed by atoms with Gasteiger partial charge in [-0.05, 0) is 43.8 Å². The van der Waals surface area contributed by atoms with Gasteiger partial charge >= 0.3 is 0 Å². The summed E-state index contributed by atoms with van der Waals surface area (Å²) in [5.74, 6) is 0.639. The van der Waals surface area contributed by atoms with Gasteiger partial charge in [-0.15, -0.1) is 0 Å².